The van der Waals surface area contributed by atoms with Gasteiger partial charge in [-0.2, -0.15) is 0 Å². The summed E-state index contributed by atoms with van der Waals surface area (Å²) < 4.78 is 13.1. The number of carbonyl (C=O) groups excluding carboxylic acids is 1. The van der Waals surface area contributed by atoms with Gasteiger partial charge in [0.15, 0.2) is 22.5 Å². The Bertz CT molecular complexity index is 839. The Morgan fingerprint density at radius 3 is 2.83 bits per heavy atom. The zero-order chi connectivity index (χ0) is 20.8. The van der Waals surface area contributed by atoms with Crippen molar-refractivity contribution < 1.29 is 14.3 Å². The second-order valence-corrected chi connectivity index (χ2v) is 8.57. The highest BCUT2D eigenvalue weighted by molar-refractivity contribution is 7.99. The van der Waals surface area contributed by atoms with E-state index in [1.54, 1.807) is 7.11 Å². The Labute approximate surface area is 176 Å². The zero-order valence-corrected chi connectivity index (χ0v) is 18.4. The first-order chi connectivity index (χ1) is 14.0. The number of methoxy groups -OCH3 is 1. The fraction of sp³-hybridized carbons (Fsp3) is 0.571. The summed E-state index contributed by atoms with van der Waals surface area (Å²) in [6, 6.07) is 6.09. The van der Waals surface area contributed by atoms with Gasteiger partial charge in [0, 0.05) is 13.1 Å². The predicted octanol–water partition coefficient (Wildman–Crippen LogP) is 3.50. The number of nitrogens with zero attached hydrogens (tertiary/aromatic N) is 3. The highest BCUT2D eigenvalue weighted by atomic mass is 32.2. The van der Waals surface area contributed by atoms with Crippen LogP contribution in [0.25, 0.3) is 0 Å². The molecule has 2 atom stereocenters. The van der Waals surface area contributed by atoms with Crippen LogP contribution in [-0.4, -0.2) is 39.6 Å². The monoisotopic (exact) mass is 418 g/mol. The van der Waals surface area contributed by atoms with Gasteiger partial charge in [0.1, 0.15) is 6.61 Å². The van der Waals surface area contributed by atoms with Crippen molar-refractivity contribution >= 4 is 17.7 Å². The molecule has 1 fully saturated rings. The van der Waals surface area contributed by atoms with Crippen molar-refractivity contribution in [2.45, 2.75) is 57.3 Å². The van der Waals surface area contributed by atoms with Crippen LogP contribution in [-0.2, 0) is 18.4 Å². The molecule has 0 aliphatic heterocycles. The fourth-order valence-corrected chi connectivity index (χ4v) is 4.28. The lowest BCUT2D eigenvalue weighted by Gasteiger charge is -2.29. The van der Waals surface area contributed by atoms with Gasteiger partial charge < -0.3 is 19.4 Å². The molecule has 0 spiro atoms. The molecule has 0 radical (unpaired) electrons. The van der Waals surface area contributed by atoms with E-state index in [-0.39, 0.29) is 12.5 Å². The number of amides is 1. The van der Waals surface area contributed by atoms with Crippen molar-refractivity contribution in [1.82, 2.24) is 20.1 Å². The quantitative estimate of drug-likeness (QED) is 0.661. The standard InChI is InChI=1S/C21H30N4O3S/c1-14-9-10-17(18(11-14)27-4)28-12-19-23-24-21(25(19)3)29-13-20(26)22-16-8-6-5-7-15(16)2/h9-11,15-16H,5-8,12-13H2,1-4H3,(H,22,26)/t15-,16+/m0/s1. The summed E-state index contributed by atoms with van der Waals surface area (Å²) >= 11 is 1.39. The molecule has 29 heavy (non-hydrogen) atoms. The van der Waals surface area contributed by atoms with Gasteiger partial charge in [-0.3, -0.25) is 4.79 Å². The van der Waals surface area contributed by atoms with Gasteiger partial charge in [-0.1, -0.05) is 37.6 Å². The van der Waals surface area contributed by atoms with Gasteiger partial charge in [-0.15, -0.1) is 10.2 Å². The van der Waals surface area contributed by atoms with E-state index in [2.05, 4.69) is 22.4 Å². The highest BCUT2D eigenvalue weighted by Gasteiger charge is 2.23. The lowest BCUT2D eigenvalue weighted by molar-refractivity contribution is -0.119. The minimum atomic E-state index is 0.0546. The van der Waals surface area contributed by atoms with Crippen LogP contribution >= 0.6 is 11.8 Å². The minimum absolute atomic E-state index is 0.0546. The lowest BCUT2D eigenvalue weighted by atomic mass is 9.86. The molecule has 1 aliphatic carbocycles. The first-order valence-electron chi connectivity index (χ1n) is 10.1. The van der Waals surface area contributed by atoms with Gasteiger partial charge in [-0.05, 0) is 43.4 Å². The maximum atomic E-state index is 12.3. The number of carbonyl (C=O) groups is 1. The third-order valence-electron chi connectivity index (χ3n) is 5.39. The number of hydrogen-bond donors (Lipinski definition) is 1. The summed E-state index contributed by atoms with van der Waals surface area (Å²) in [6.45, 7) is 4.49. The van der Waals surface area contributed by atoms with E-state index in [1.165, 1.54) is 31.0 Å². The van der Waals surface area contributed by atoms with Gasteiger partial charge in [-0.25, -0.2) is 0 Å². The Hall–Kier alpha value is -2.22. The number of nitrogens with one attached hydrogen (secondary N) is 1. The Kier molecular flexibility index (Phi) is 7.41. The van der Waals surface area contributed by atoms with Crippen LogP contribution in [0, 0.1) is 12.8 Å². The molecule has 1 N–H and O–H groups in total. The van der Waals surface area contributed by atoms with Crippen LogP contribution in [0.3, 0.4) is 0 Å². The van der Waals surface area contributed by atoms with Crippen molar-refractivity contribution in [3.63, 3.8) is 0 Å². The van der Waals surface area contributed by atoms with E-state index in [0.29, 0.717) is 40.2 Å². The number of ether oxygens (including phenoxy) is 2. The maximum absolute atomic E-state index is 12.3. The number of thioether (sulfide) groups is 1. The molecule has 1 aromatic carbocycles. The summed E-state index contributed by atoms with van der Waals surface area (Å²) in [4.78, 5) is 12.3. The molecule has 0 unspecified atom stereocenters. The third kappa shape index (κ3) is 5.65. The maximum Gasteiger partial charge on any atom is 0.230 e. The molecule has 1 aliphatic rings. The molecule has 158 valence electrons. The topological polar surface area (TPSA) is 78.3 Å². The van der Waals surface area contributed by atoms with Crippen molar-refractivity contribution in [2.24, 2.45) is 13.0 Å². The van der Waals surface area contributed by atoms with Crippen molar-refractivity contribution in [3.05, 3.63) is 29.6 Å². The average molecular weight is 419 g/mol. The molecule has 8 heteroatoms. The summed E-state index contributed by atoms with van der Waals surface area (Å²) in [6.07, 6.45) is 4.73. The number of hydrogen-bond acceptors (Lipinski definition) is 6. The van der Waals surface area contributed by atoms with Crippen LogP contribution in [0.1, 0.15) is 44.0 Å². The third-order valence-corrected chi connectivity index (χ3v) is 6.41. The van der Waals surface area contributed by atoms with Crippen LogP contribution in [0.4, 0.5) is 0 Å². The Morgan fingerprint density at radius 2 is 2.07 bits per heavy atom. The van der Waals surface area contributed by atoms with Crippen LogP contribution in [0.15, 0.2) is 23.4 Å². The van der Waals surface area contributed by atoms with E-state index in [0.717, 1.165) is 12.0 Å². The molecule has 1 heterocycles. The number of benzene rings is 1. The second-order valence-electron chi connectivity index (χ2n) is 7.63. The molecule has 2 aromatic rings. The first-order valence-corrected chi connectivity index (χ1v) is 11.0. The number of rotatable bonds is 8. The highest BCUT2D eigenvalue weighted by Crippen LogP contribution is 2.28. The Balaban J connectivity index is 1.52. The number of aryl methyl sites for hydroxylation is 1. The second kappa shape index (κ2) is 10.0. The molecular weight excluding hydrogens is 388 g/mol. The van der Waals surface area contributed by atoms with Gasteiger partial charge in [0.05, 0.1) is 12.9 Å². The van der Waals surface area contributed by atoms with Crippen LogP contribution in [0.5, 0.6) is 11.5 Å². The smallest absolute Gasteiger partial charge is 0.230 e. The molecule has 0 bridgehead atoms. The average Bonchev–Trinajstić information content (AvgIpc) is 3.06. The van der Waals surface area contributed by atoms with Crippen molar-refractivity contribution in [3.8, 4) is 11.5 Å². The van der Waals surface area contributed by atoms with Crippen molar-refractivity contribution in [2.75, 3.05) is 12.9 Å². The fourth-order valence-electron chi connectivity index (χ4n) is 3.54. The molecule has 7 nitrogen and oxygen atoms in total. The van der Waals surface area contributed by atoms with Crippen LogP contribution in [0.2, 0.25) is 0 Å². The van der Waals surface area contributed by atoms with E-state index < -0.39 is 0 Å². The molecular formula is C21H30N4O3S. The van der Waals surface area contributed by atoms with E-state index in [9.17, 15) is 4.79 Å². The largest absolute Gasteiger partial charge is 0.493 e. The van der Waals surface area contributed by atoms with E-state index >= 15 is 0 Å². The molecule has 1 aromatic heterocycles. The first kappa shape index (κ1) is 21.5. The SMILES string of the molecule is COc1cc(C)ccc1OCc1nnc(SCC(=O)N[C@@H]2CCCC[C@@H]2C)n1C. The summed E-state index contributed by atoms with van der Waals surface area (Å²) in [7, 11) is 3.51. The minimum Gasteiger partial charge on any atom is -0.493 e. The van der Waals surface area contributed by atoms with Gasteiger partial charge in [0.25, 0.3) is 0 Å². The number of aromatic nitrogens is 3. The summed E-state index contributed by atoms with van der Waals surface area (Å²) in [5, 5.41) is 12.3. The normalized spacial score (nSPS) is 19.0. The van der Waals surface area contributed by atoms with Gasteiger partial charge >= 0.3 is 0 Å². The molecule has 0 saturated heterocycles. The van der Waals surface area contributed by atoms with Crippen LogP contribution < -0.4 is 14.8 Å². The van der Waals surface area contributed by atoms with Gasteiger partial charge in [0.2, 0.25) is 5.91 Å². The summed E-state index contributed by atoms with van der Waals surface area (Å²) in [5.41, 5.74) is 1.10. The Morgan fingerprint density at radius 1 is 1.28 bits per heavy atom. The zero-order valence-electron chi connectivity index (χ0n) is 17.6. The predicted molar refractivity (Wildman–Crippen MR) is 113 cm³/mol. The summed E-state index contributed by atoms with van der Waals surface area (Å²) in [5.74, 6) is 2.99. The molecule has 1 saturated carbocycles. The van der Waals surface area contributed by atoms with Crippen molar-refractivity contribution in [1.29, 1.82) is 0 Å². The lowest BCUT2D eigenvalue weighted by Crippen LogP contribution is -2.41. The molecule has 3 rings (SSSR count). The van der Waals surface area contributed by atoms with E-state index in [1.807, 2.05) is 36.7 Å². The molecule has 1 amide bonds. The van der Waals surface area contributed by atoms with E-state index in [4.69, 9.17) is 9.47 Å².